The molecule has 0 radical (unpaired) electrons. The predicted octanol–water partition coefficient (Wildman–Crippen LogP) is 3.82. The quantitative estimate of drug-likeness (QED) is 0.450. The summed E-state index contributed by atoms with van der Waals surface area (Å²) in [6.07, 6.45) is 3.20. The number of H-pyrrole nitrogens is 1. The number of piperidine rings is 1. The third-order valence-electron chi connectivity index (χ3n) is 6.42. The fraction of sp³-hybridized carbons (Fsp3) is 0.360. The van der Waals surface area contributed by atoms with E-state index in [1.165, 1.54) is 0 Å². The Balaban J connectivity index is 1.34. The number of hydrogen-bond acceptors (Lipinski definition) is 8. The summed E-state index contributed by atoms with van der Waals surface area (Å²) in [5.74, 6) is 1.85. The molecule has 2 fully saturated rings. The van der Waals surface area contributed by atoms with Crippen LogP contribution in [0.1, 0.15) is 29.8 Å². The fourth-order valence-electron chi connectivity index (χ4n) is 4.58. The standard InChI is InChI=1S/C25H27N7O3/c33-24(32-9-5-2-6-10-32)20-15-19-22(35-20)23(31-11-13-34-14-12-31)28-25(26-19)27-21-16-18(29-30-21)17-7-3-1-4-8-17/h1,3-4,7-8,15-16H,2,5-6,9-14H2,(H2,26,27,28,29,30). The normalized spacial score (nSPS) is 16.6. The smallest absolute Gasteiger partial charge is 0.289 e. The van der Waals surface area contributed by atoms with E-state index in [1.807, 2.05) is 41.3 Å². The van der Waals surface area contributed by atoms with Gasteiger partial charge in [0.1, 0.15) is 5.52 Å². The zero-order chi connectivity index (χ0) is 23.6. The van der Waals surface area contributed by atoms with Crippen molar-refractivity contribution in [2.75, 3.05) is 49.6 Å². The molecule has 4 aromatic rings. The van der Waals surface area contributed by atoms with Gasteiger partial charge in [0.05, 0.1) is 18.9 Å². The van der Waals surface area contributed by atoms with Crippen LogP contribution in [0.5, 0.6) is 0 Å². The first-order valence-corrected chi connectivity index (χ1v) is 12.1. The number of fused-ring (bicyclic) bond motifs is 1. The second-order valence-electron chi connectivity index (χ2n) is 8.81. The number of likely N-dealkylation sites (tertiary alicyclic amines) is 1. The molecule has 0 saturated carbocycles. The molecule has 1 amide bonds. The molecule has 10 nitrogen and oxygen atoms in total. The molecule has 2 N–H and O–H groups in total. The number of aromatic amines is 1. The van der Waals surface area contributed by atoms with Crippen molar-refractivity contribution in [2.45, 2.75) is 19.3 Å². The largest absolute Gasteiger partial charge is 0.445 e. The molecule has 2 saturated heterocycles. The monoisotopic (exact) mass is 473 g/mol. The van der Waals surface area contributed by atoms with Crippen molar-refractivity contribution in [3.8, 4) is 11.3 Å². The molecule has 1 aromatic carbocycles. The van der Waals surface area contributed by atoms with Crippen LogP contribution in [0.15, 0.2) is 46.9 Å². The van der Waals surface area contributed by atoms with Gasteiger partial charge in [-0.25, -0.2) is 4.98 Å². The number of ether oxygens (including phenoxy) is 1. The minimum atomic E-state index is -0.0926. The average Bonchev–Trinajstić information content (AvgIpc) is 3.57. The molecule has 0 unspecified atom stereocenters. The SMILES string of the molecule is O=C(c1cc2nc(Nc3cc(-c4ccccc4)[nH]n3)nc(N3CCOCC3)c2o1)N1CCCCC1. The highest BCUT2D eigenvalue weighted by atomic mass is 16.5. The Kier molecular flexibility index (Phi) is 5.79. The maximum atomic E-state index is 13.1. The average molecular weight is 474 g/mol. The number of hydrogen-bond donors (Lipinski definition) is 2. The molecule has 2 aliphatic rings. The van der Waals surface area contributed by atoms with Gasteiger partial charge in [0.2, 0.25) is 5.95 Å². The first-order chi connectivity index (χ1) is 17.2. The highest BCUT2D eigenvalue weighted by Crippen LogP contribution is 2.31. The molecular weight excluding hydrogens is 446 g/mol. The van der Waals surface area contributed by atoms with Crippen LogP contribution < -0.4 is 10.2 Å². The Bertz CT molecular complexity index is 1320. The van der Waals surface area contributed by atoms with Crippen LogP contribution in [0.2, 0.25) is 0 Å². The van der Waals surface area contributed by atoms with Crippen LogP contribution in [0.3, 0.4) is 0 Å². The van der Waals surface area contributed by atoms with Gasteiger partial charge in [0.15, 0.2) is 23.0 Å². The van der Waals surface area contributed by atoms with E-state index >= 15 is 0 Å². The van der Waals surface area contributed by atoms with Crippen LogP contribution in [0, 0.1) is 0 Å². The topological polar surface area (TPSA) is 112 Å². The summed E-state index contributed by atoms with van der Waals surface area (Å²) in [4.78, 5) is 26.5. The lowest BCUT2D eigenvalue weighted by Gasteiger charge is -2.27. The maximum absolute atomic E-state index is 13.1. The zero-order valence-electron chi connectivity index (χ0n) is 19.4. The first kappa shape index (κ1) is 21.6. The molecular formula is C25H27N7O3. The van der Waals surface area contributed by atoms with Crippen molar-refractivity contribution in [3.05, 3.63) is 48.2 Å². The highest BCUT2D eigenvalue weighted by Gasteiger charge is 2.26. The summed E-state index contributed by atoms with van der Waals surface area (Å²) in [5, 5.41) is 10.6. The third-order valence-corrected chi connectivity index (χ3v) is 6.42. The van der Waals surface area contributed by atoms with Crippen molar-refractivity contribution in [1.82, 2.24) is 25.1 Å². The number of morpholine rings is 1. The van der Waals surface area contributed by atoms with Gasteiger partial charge in [-0.1, -0.05) is 30.3 Å². The van der Waals surface area contributed by atoms with Crippen molar-refractivity contribution in [1.29, 1.82) is 0 Å². The molecule has 10 heteroatoms. The number of nitrogens with zero attached hydrogens (tertiary/aromatic N) is 5. The molecule has 3 aromatic heterocycles. The van der Waals surface area contributed by atoms with Crippen molar-refractivity contribution in [3.63, 3.8) is 0 Å². The highest BCUT2D eigenvalue weighted by molar-refractivity contribution is 5.97. The lowest BCUT2D eigenvalue weighted by molar-refractivity contribution is 0.0694. The van der Waals surface area contributed by atoms with Crippen LogP contribution >= 0.6 is 0 Å². The maximum Gasteiger partial charge on any atom is 0.289 e. The fourth-order valence-corrected chi connectivity index (χ4v) is 4.58. The third kappa shape index (κ3) is 4.44. The number of benzene rings is 1. The van der Waals surface area contributed by atoms with Crippen LogP contribution in [0.25, 0.3) is 22.4 Å². The van der Waals surface area contributed by atoms with E-state index in [0.29, 0.717) is 60.7 Å². The molecule has 0 spiro atoms. The summed E-state index contributed by atoms with van der Waals surface area (Å²) < 4.78 is 11.6. The zero-order valence-corrected chi connectivity index (χ0v) is 19.4. The first-order valence-electron chi connectivity index (χ1n) is 12.1. The number of carbonyl (C=O) groups is 1. The van der Waals surface area contributed by atoms with Crippen LogP contribution in [0.4, 0.5) is 17.6 Å². The minimum Gasteiger partial charge on any atom is -0.445 e. The summed E-state index contributed by atoms with van der Waals surface area (Å²) in [6.45, 7) is 4.09. The van der Waals surface area contributed by atoms with Gasteiger partial charge < -0.3 is 24.3 Å². The van der Waals surface area contributed by atoms with Gasteiger partial charge in [-0.05, 0) is 24.8 Å². The molecule has 0 aliphatic carbocycles. The summed E-state index contributed by atoms with van der Waals surface area (Å²) in [5.41, 5.74) is 3.03. The number of anilines is 3. The number of carbonyl (C=O) groups excluding carboxylic acids is 1. The minimum absolute atomic E-state index is 0.0926. The Labute approximate surface area is 202 Å². The second-order valence-corrected chi connectivity index (χ2v) is 8.81. The van der Waals surface area contributed by atoms with Crippen LogP contribution in [-0.2, 0) is 4.74 Å². The molecule has 0 atom stereocenters. The lowest BCUT2D eigenvalue weighted by Crippen LogP contribution is -2.37. The predicted molar refractivity (Wildman–Crippen MR) is 132 cm³/mol. The Morgan fingerprint density at radius 2 is 1.77 bits per heavy atom. The molecule has 35 heavy (non-hydrogen) atoms. The van der Waals surface area contributed by atoms with Crippen molar-refractivity contribution >= 4 is 34.6 Å². The van der Waals surface area contributed by atoms with E-state index in [1.54, 1.807) is 6.07 Å². The summed E-state index contributed by atoms with van der Waals surface area (Å²) >= 11 is 0. The van der Waals surface area contributed by atoms with E-state index in [-0.39, 0.29) is 5.91 Å². The van der Waals surface area contributed by atoms with Gasteiger partial charge in [-0.15, -0.1) is 0 Å². The number of amides is 1. The van der Waals surface area contributed by atoms with E-state index in [9.17, 15) is 4.79 Å². The molecule has 0 bridgehead atoms. The van der Waals surface area contributed by atoms with Crippen molar-refractivity contribution in [2.24, 2.45) is 0 Å². The van der Waals surface area contributed by atoms with Gasteiger partial charge >= 0.3 is 0 Å². The molecule has 5 heterocycles. The van der Waals surface area contributed by atoms with Gasteiger partial charge in [0.25, 0.3) is 5.91 Å². The van der Waals surface area contributed by atoms with Crippen LogP contribution in [-0.4, -0.2) is 70.4 Å². The number of nitrogens with one attached hydrogen (secondary N) is 2. The van der Waals surface area contributed by atoms with Gasteiger partial charge in [0, 0.05) is 38.3 Å². The number of rotatable bonds is 5. The molecule has 180 valence electrons. The Hall–Kier alpha value is -3.92. The van der Waals surface area contributed by atoms with E-state index in [4.69, 9.17) is 14.1 Å². The van der Waals surface area contributed by atoms with Crippen molar-refractivity contribution < 1.29 is 13.9 Å². The number of furan rings is 1. The molecule has 6 rings (SSSR count). The van der Waals surface area contributed by atoms with E-state index in [0.717, 1.165) is 43.6 Å². The van der Waals surface area contributed by atoms with Gasteiger partial charge in [-0.3, -0.25) is 9.89 Å². The Morgan fingerprint density at radius 3 is 2.57 bits per heavy atom. The van der Waals surface area contributed by atoms with E-state index in [2.05, 4.69) is 25.4 Å². The Morgan fingerprint density at radius 1 is 0.971 bits per heavy atom. The molecule has 2 aliphatic heterocycles. The summed E-state index contributed by atoms with van der Waals surface area (Å²) in [6, 6.07) is 13.6. The second kappa shape index (κ2) is 9.38. The summed E-state index contributed by atoms with van der Waals surface area (Å²) in [7, 11) is 0. The number of aromatic nitrogens is 4. The van der Waals surface area contributed by atoms with E-state index < -0.39 is 0 Å². The lowest BCUT2D eigenvalue weighted by atomic mass is 10.1. The van der Waals surface area contributed by atoms with Gasteiger partial charge in [-0.2, -0.15) is 10.1 Å².